The molecule has 0 fully saturated rings. The normalized spacial score (nSPS) is 13.7. The highest BCUT2D eigenvalue weighted by molar-refractivity contribution is 6.11. The van der Waals surface area contributed by atoms with E-state index in [0.29, 0.717) is 18.5 Å². The van der Waals surface area contributed by atoms with E-state index >= 15 is 0 Å². The van der Waals surface area contributed by atoms with Crippen LogP contribution < -0.4 is 14.5 Å². The molecule has 0 saturated heterocycles. The number of nitrogens with zero attached hydrogens (tertiary/aromatic N) is 4. The maximum absolute atomic E-state index is 7.43. The van der Waals surface area contributed by atoms with Crippen molar-refractivity contribution in [3.8, 4) is 28.4 Å². The molecule has 0 amide bonds. The number of hydrogen-bond donors (Lipinski definition) is 0. The summed E-state index contributed by atoms with van der Waals surface area (Å²) in [6.07, 6.45) is 4.37. The maximum Gasteiger partial charge on any atom is 0.137 e. The van der Waals surface area contributed by atoms with E-state index in [1.165, 1.54) is 72.2 Å². The Morgan fingerprint density at radius 3 is 1.59 bits per heavy atom. The first-order chi connectivity index (χ1) is 36.9. The third-order valence-electron chi connectivity index (χ3n) is 16.7. The Bertz CT molecular complexity index is 3590. The fourth-order valence-electron chi connectivity index (χ4n) is 11.8. The van der Waals surface area contributed by atoms with Crippen LogP contribution in [0, 0.1) is 5.41 Å². The maximum atomic E-state index is 7.43. The van der Waals surface area contributed by atoms with Crippen LogP contribution in [0.25, 0.3) is 38.8 Å². The third kappa shape index (κ3) is 10.2. The highest BCUT2D eigenvalue weighted by Gasteiger charge is 2.35. The molecule has 0 saturated carbocycles. The summed E-state index contributed by atoms with van der Waals surface area (Å²) in [5, 5.41) is 2.45. The Hall–Kier alpha value is -7.37. The molecule has 0 radical (unpaired) electrons. The predicted molar refractivity (Wildman–Crippen MR) is 332 cm³/mol. The Balaban J connectivity index is 1.16. The molecule has 0 N–H and O–H groups in total. The SMILES string of the molecule is CC(C)c1cccc(C(C)C)c1-c1cc(Oc2cc(C(C)C)c3c4ccccc4n(-c4cc(C(C)(C)C)ccn4)c3c2)cc(N2CN(c3cc(C(C)(C)c4ccccc4)cc(C(C)(C)c4ccccc4)c3)C=C2C(C)(C)C)c1. The van der Waals surface area contributed by atoms with Crippen LogP contribution in [0.3, 0.4) is 0 Å². The van der Waals surface area contributed by atoms with Crippen molar-refractivity contribution in [3.05, 3.63) is 226 Å². The number of ether oxygens (including phenoxy) is 1. The number of fused-ring (bicyclic) bond motifs is 3. The summed E-state index contributed by atoms with van der Waals surface area (Å²) in [5.41, 5.74) is 17.7. The smallest absolute Gasteiger partial charge is 0.137 e. The van der Waals surface area contributed by atoms with Crippen LogP contribution in [0.2, 0.25) is 0 Å². The second-order valence-electron chi connectivity index (χ2n) is 26.1. The number of allylic oxidation sites excluding steroid dienone is 1. The molecule has 0 atom stereocenters. The molecule has 0 unspecified atom stereocenters. The number of benzene rings is 7. The second-order valence-corrected chi connectivity index (χ2v) is 26.1. The first kappa shape index (κ1) is 54.0. The zero-order valence-corrected chi connectivity index (χ0v) is 49.4. The molecular formula is C73H82N4O. The first-order valence-electron chi connectivity index (χ1n) is 28.5. The van der Waals surface area contributed by atoms with Crippen molar-refractivity contribution in [1.29, 1.82) is 0 Å². The number of aromatic nitrogens is 2. The van der Waals surface area contributed by atoms with Gasteiger partial charge >= 0.3 is 0 Å². The minimum absolute atomic E-state index is 0.0415. The van der Waals surface area contributed by atoms with E-state index < -0.39 is 0 Å². The topological polar surface area (TPSA) is 33.5 Å². The van der Waals surface area contributed by atoms with Gasteiger partial charge in [0.2, 0.25) is 0 Å². The molecule has 10 rings (SSSR count). The molecule has 0 aliphatic carbocycles. The van der Waals surface area contributed by atoms with Crippen molar-refractivity contribution in [2.24, 2.45) is 5.41 Å². The number of para-hydroxylation sites is 1. The largest absolute Gasteiger partial charge is 0.457 e. The van der Waals surface area contributed by atoms with Crippen LogP contribution >= 0.6 is 0 Å². The van der Waals surface area contributed by atoms with Crippen LogP contribution in [0.5, 0.6) is 11.5 Å². The summed E-state index contributed by atoms with van der Waals surface area (Å²) in [4.78, 5) is 10.1. The van der Waals surface area contributed by atoms with E-state index in [-0.39, 0.29) is 27.6 Å². The van der Waals surface area contributed by atoms with Gasteiger partial charge in [-0.15, -0.1) is 0 Å². The zero-order valence-electron chi connectivity index (χ0n) is 49.4. The summed E-state index contributed by atoms with van der Waals surface area (Å²) in [6, 6.07) is 60.9. The van der Waals surface area contributed by atoms with Gasteiger partial charge in [0.1, 0.15) is 17.3 Å². The van der Waals surface area contributed by atoms with Gasteiger partial charge in [0, 0.05) is 68.6 Å². The van der Waals surface area contributed by atoms with Crippen molar-refractivity contribution < 1.29 is 4.74 Å². The molecule has 78 heavy (non-hydrogen) atoms. The van der Waals surface area contributed by atoms with Crippen LogP contribution in [0.4, 0.5) is 11.4 Å². The number of pyridine rings is 1. The lowest BCUT2D eigenvalue weighted by atomic mass is 9.73. The molecular weight excluding hydrogens is 949 g/mol. The summed E-state index contributed by atoms with van der Waals surface area (Å²) >= 11 is 0. The highest BCUT2D eigenvalue weighted by atomic mass is 16.5. The lowest BCUT2D eigenvalue weighted by molar-refractivity contribution is 0.480. The van der Waals surface area contributed by atoms with Gasteiger partial charge in [0.05, 0.1) is 17.7 Å². The van der Waals surface area contributed by atoms with Gasteiger partial charge in [-0.1, -0.05) is 214 Å². The van der Waals surface area contributed by atoms with Crippen LogP contribution in [0.1, 0.15) is 173 Å². The van der Waals surface area contributed by atoms with Gasteiger partial charge < -0.3 is 14.5 Å². The lowest BCUT2D eigenvalue weighted by Gasteiger charge is -2.33. The molecule has 5 nitrogen and oxygen atoms in total. The highest BCUT2D eigenvalue weighted by Crippen LogP contribution is 2.47. The Labute approximate surface area is 466 Å². The predicted octanol–water partition coefficient (Wildman–Crippen LogP) is 20.1. The molecule has 3 heterocycles. The zero-order chi connectivity index (χ0) is 55.6. The fourth-order valence-corrected chi connectivity index (χ4v) is 11.8. The Kier molecular flexibility index (Phi) is 14.2. The molecule has 5 heteroatoms. The molecule has 7 aromatic carbocycles. The summed E-state index contributed by atoms with van der Waals surface area (Å²) < 4.78 is 9.78. The van der Waals surface area contributed by atoms with E-state index in [0.717, 1.165) is 39.6 Å². The van der Waals surface area contributed by atoms with E-state index in [9.17, 15) is 0 Å². The lowest BCUT2D eigenvalue weighted by Crippen LogP contribution is -2.31. The Morgan fingerprint density at radius 1 is 0.462 bits per heavy atom. The van der Waals surface area contributed by atoms with Gasteiger partial charge in [0.25, 0.3) is 0 Å². The van der Waals surface area contributed by atoms with E-state index in [2.05, 4.69) is 295 Å². The van der Waals surface area contributed by atoms with Gasteiger partial charge in [-0.3, -0.25) is 4.57 Å². The van der Waals surface area contributed by atoms with E-state index in [4.69, 9.17) is 9.72 Å². The molecule has 2 aromatic heterocycles. The van der Waals surface area contributed by atoms with Crippen molar-refractivity contribution in [2.75, 3.05) is 16.5 Å². The van der Waals surface area contributed by atoms with E-state index in [1.807, 2.05) is 6.20 Å². The van der Waals surface area contributed by atoms with Crippen LogP contribution in [-0.2, 0) is 16.2 Å². The molecule has 400 valence electrons. The fraction of sp³-hybridized carbons (Fsp3) is 0.329. The minimum Gasteiger partial charge on any atom is -0.457 e. The van der Waals surface area contributed by atoms with Crippen molar-refractivity contribution >= 4 is 33.2 Å². The van der Waals surface area contributed by atoms with E-state index in [1.54, 1.807) is 0 Å². The average Bonchev–Trinajstić information content (AvgIpc) is 4.24. The monoisotopic (exact) mass is 1030 g/mol. The quantitative estimate of drug-likeness (QED) is 0.115. The Morgan fingerprint density at radius 2 is 1.03 bits per heavy atom. The molecule has 1 aliphatic rings. The standard InChI is InChI=1S/C73H82N4O/c1-47(2)60-31-25-32-61(48(3)4)68(60)50-36-57(42-58(37-50)78-59-43-63(49(5)6)69-62-30-23-24-33-64(62)77(65(69)44-59)67-41-53(34-35-74-67)70(7,8)9)76-46-75(45-66(76)71(10,11)12)56-39-54(72(13,14)51-26-19-17-20-27-51)38-55(40-56)73(15,16)52-28-21-18-22-29-52/h17-45,47-49H,46H2,1-16H3. The average molecular weight is 1030 g/mol. The van der Waals surface area contributed by atoms with Crippen molar-refractivity contribution in [2.45, 2.75) is 145 Å². The minimum atomic E-state index is -0.257. The molecule has 1 aliphatic heterocycles. The summed E-state index contributed by atoms with van der Waals surface area (Å²) in [6.45, 7) is 37.8. The van der Waals surface area contributed by atoms with Gasteiger partial charge in [-0.25, -0.2) is 4.98 Å². The number of hydrogen-bond acceptors (Lipinski definition) is 4. The van der Waals surface area contributed by atoms with Gasteiger partial charge in [-0.05, 0) is 127 Å². The van der Waals surface area contributed by atoms with Crippen molar-refractivity contribution in [3.63, 3.8) is 0 Å². The van der Waals surface area contributed by atoms with Gasteiger partial charge in [0.15, 0.2) is 0 Å². The third-order valence-corrected chi connectivity index (χ3v) is 16.7. The molecule has 0 bridgehead atoms. The van der Waals surface area contributed by atoms with Crippen LogP contribution in [-0.4, -0.2) is 16.2 Å². The number of anilines is 2. The second kappa shape index (κ2) is 20.5. The molecule has 9 aromatic rings. The number of rotatable bonds is 13. The van der Waals surface area contributed by atoms with Crippen molar-refractivity contribution in [1.82, 2.24) is 9.55 Å². The summed E-state index contributed by atoms with van der Waals surface area (Å²) in [7, 11) is 0. The van der Waals surface area contributed by atoms with Gasteiger partial charge in [-0.2, -0.15) is 0 Å². The first-order valence-corrected chi connectivity index (χ1v) is 28.5. The summed E-state index contributed by atoms with van der Waals surface area (Å²) in [5.74, 6) is 3.34. The molecule has 0 spiro atoms. The van der Waals surface area contributed by atoms with Crippen LogP contribution in [0.15, 0.2) is 182 Å².